The van der Waals surface area contributed by atoms with Crippen LogP contribution in [0.4, 0.5) is 0 Å². The molecule has 0 atom stereocenters. The van der Waals surface area contributed by atoms with Crippen molar-refractivity contribution >= 4 is 16.9 Å². The number of benzene rings is 2. The first-order chi connectivity index (χ1) is 12.4. The van der Waals surface area contributed by atoms with Crippen molar-refractivity contribution in [1.29, 1.82) is 0 Å². The molecule has 0 aliphatic carbocycles. The number of methoxy groups -OCH3 is 1. The van der Waals surface area contributed by atoms with E-state index in [2.05, 4.69) is 5.73 Å². The zero-order valence-electron chi connectivity index (χ0n) is 13.8. The number of aliphatic carboxylic acids is 1. The highest BCUT2D eigenvalue weighted by Gasteiger charge is 2.12. The molecule has 136 valence electrons. The molecule has 0 spiro atoms. The number of aromatic hydroxyl groups is 2. The monoisotopic (exact) mass is 359 g/mol. The fraction of sp³-hybridized carbons (Fsp3) is 0.111. The molecule has 3 rings (SSSR count). The van der Waals surface area contributed by atoms with Gasteiger partial charge in [-0.2, -0.15) is 0 Å². The van der Waals surface area contributed by atoms with Crippen LogP contribution in [0.15, 0.2) is 51.9 Å². The molecule has 0 fully saturated rings. The van der Waals surface area contributed by atoms with Gasteiger partial charge in [-0.15, -0.1) is 0 Å². The number of hydrogen-bond acceptors (Lipinski definition) is 7. The number of carboxylic acids is 1. The molecule has 2 aromatic carbocycles. The molecule has 0 bridgehead atoms. The first-order valence-electron chi connectivity index (χ1n) is 7.41. The number of hydrogen-bond donors (Lipinski definition) is 4. The quantitative estimate of drug-likeness (QED) is 0.555. The molecule has 0 aliphatic rings. The Balaban J connectivity index is 0.000000431. The van der Waals surface area contributed by atoms with Crippen molar-refractivity contribution in [2.24, 2.45) is 5.73 Å². The van der Waals surface area contributed by atoms with Crippen LogP contribution in [-0.2, 0) is 4.79 Å². The van der Waals surface area contributed by atoms with Crippen LogP contribution in [0, 0.1) is 0 Å². The summed E-state index contributed by atoms with van der Waals surface area (Å²) < 4.78 is 10.4. The molecule has 5 N–H and O–H groups in total. The Bertz CT molecular complexity index is 977. The maximum Gasteiger partial charge on any atom is 0.317 e. The molecule has 3 aromatic rings. The van der Waals surface area contributed by atoms with E-state index in [1.54, 1.807) is 12.1 Å². The van der Waals surface area contributed by atoms with Crippen molar-refractivity contribution in [2.75, 3.05) is 13.7 Å². The fourth-order valence-corrected chi connectivity index (χ4v) is 2.15. The van der Waals surface area contributed by atoms with Gasteiger partial charge in [0.25, 0.3) is 0 Å². The summed E-state index contributed by atoms with van der Waals surface area (Å²) in [6, 6.07) is 9.04. The van der Waals surface area contributed by atoms with Crippen molar-refractivity contribution in [2.45, 2.75) is 0 Å². The number of carboxylic acid groups (broad SMARTS) is 1. The van der Waals surface area contributed by atoms with Crippen molar-refractivity contribution in [3.63, 3.8) is 0 Å². The van der Waals surface area contributed by atoms with E-state index in [1.807, 2.05) is 0 Å². The molecule has 26 heavy (non-hydrogen) atoms. The Kier molecular flexibility index (Phi) is 5.82. The lowest BCUT2D eigenvalue weighted by atomic mass is 10.1. The van der Waals surface area contributed by atoms with Gasteiger partial charge in [-0.3, -0.25) is 9.59 Å². The molecule has 0 unspecified atom stereocenters. The summed E-state index contributed by atoms with van der Waals surface area (Å²) in [5, 5.41) is 26.9. The zero-order chi connectivity index (χ0) is 19.3. The number of phenols is 2. The molecule has 8 nitrogen and oxygen atoms in total. The number of phenolic OH excluding ortho intramolecular Hbond substituents is 2. The van der Waals surface area contributed by atoms with E-state index in [0.29, 0.717) is 16.5 Å². The van der Waals surface area contributed by atoms with Gasteiger partial charge in [0.05, 0.1) is 24.6 Å². The Morgan fingerprint density at radius 1 is 1.19 bits per heavy atom. The van der Waals surface area contributed by atoms with Crippen LogP contribution in [0.1, 0.15) is 0 Å². The number of rotatable bonds is 3. The predicted octanol–water partition coefficient (Wildman–Crippen LogP) is 1.91. The van der Waals surface area contributed by atoms with E-state index in [0.717, 1.165) is 0 Å². The Morgan fingerprint density at radius 3 is 2.35 bits per heavy atom. The van der Waals surface area contributed by atoms with Gasteiger partial charge in [-0.1, -0.05) is 12.1 Å². The van der Waals surface area contributed by atoms with E-state index < -0.39 is 5.97 Å². The van der Waals surface area contributed by atoms with Gasteiger partial charge in [0.2, 0.25) is 5.43 Å². The summed E-state index contributed by atoms with van der Waals surface area (Å²) in [5.74, 6) is -0.733. The molecule has 0 saturated carbocycles. The highest BCUT2D eigenvalue weighted by Crippen LogP contribution is 2.31. The van der Waals surface area contributed by atoms with Crippen LogP contribution in [0.2, 0.25) is 0 Å². The SMILES string of the molecule is COc1cc2c(=O)c(-c3ccc(O)cc3)coc2cc1O.NCC(=O)O. The summed E-state index contributed by atoms with van der Waals surface area (Å²) in [4.78, 5) is 21.8. The van der Waals surface area contributed by atoms with E-state index in [-0.39, 0.29) is 34.8 Å². The normalized spacial score (nSPS) is 10.1. The second-order valence-corrected chi connectivity index (χ2v) is 5.14. The second kappa shape index (κ2) is 8.04. The average Bonchev–Trinajstić information content (AvgIpc) is 2.63. The molecule has 0 radical (unpaired) electrons. The molecule has 8 heteroatoms. The molecular weight excluding hydrogens is 342 g/mol. The predicted molar refractivity (Wildman–Crippen MR) is 94.5 cm³/mol. The average molecular weight is 359 g/mol. The second-order valence-electron chi connectivity index (χ2n) is 5.14. The topological polar surface area (TPSA) is 143 Å². The number of ether oxygens (including phenoxy) is 1. The number of fused-ring (bicyclic) bond motifs is 1. The highest BCUT2D eigenvalue weighted by molar-refractivity contribution is 5.84. The Morgan fingerprint density at radius 2 is 1.81 bits per heavy atom. The maximum atomic E-state index is 12.5. The Labute approximate surface area is 147 Å². The van der Waals surface area contributed by atoms with Crippen molar-refractivity contribution < 1.29 is 29.3 Å². The number of nitrogens with two attached hydrogens (primary N) is 1. The van der Waals surface area contributed by atoms with Crippen molar-refractivity contribution in [3.8, 4) is 28.4 Å². The lowest BCUT2D eigenvalue weighted by Gasteiger charge is -2.06. The first kappa shape index (κ1) is 18.8. The third kappa shape index (κ3) is 4.11. The largest absolute Gasteiger partial charge is 0.508 e. The summed E-state index contributed by atoms with van der Waals surface area (Å²) in [6.07, 6.45) is 1.34. The molecule has 0 aliphatic heterocycles. The van der Waals surface area contributed by atoms with Crippen LogP contribution >= 0.6 is 0 Å². The minimum absolute atomic E-state index is 0.0921. The van der Waals surface area contributed by atoms with E-state index in [1.165, 1.54) is 37.6 Å². The van der Waals surface area contributed by atoms with Crippen LogP contribution in [-0.4, -0.2) is 34.9 Å². The maximum absolute atomic E-state index is 12.5. The molecular formula is C18H17NO7. The van der Waals surface area contributed by atoms with E-state index in [4.69, 9.17) is 14.3 Å². The van der Waals surface area contributed by atoms with Gasteiger partial charge >= 0.3 is 5.97 Å². The zero-order valence-corrected chi connectivity index (χ0v) is 13.8. The minimum atomic E-state index is -0.968. The Hall–Kier alpha value is -3.52. The van der Waals surface area contributed by atoms with Gasteiger partial charge in [0.15, 0.2) is 11.5 Å². The van der Waals surface area contributed by atoms with Crippen LogP contribution < -0.4 is 15.9 Å². The van der Waals surface area contributed by atoms with Gasteiger partial charge in [-0.05, 0) is 23.8 Å². The van der Waals surface area contributed by atoms with Crippen molar-refractivity contribution in [3.05, 3.63) is 52.9 Å². The molecule has 1 heterocycles. The van der Waals surface area contributed by atoms with Crippen LogP contribution in [0.5, 0.6) is 17.2 Å². The smallest absolute Gasteiger partial charge is 0.317 e. The third-order valence-electron chi connectivity index (χ3n) is 3.43. The van der Waals surface area contributed by atoms with E-state index in [9.17, 15) is 19.8 Å². The van der Waals surface area contributed by atoms with Gasteiger partial charge in [0, 0.05) is 6.07 Å². The highest BCUT2D eigenvalue weighted by atomic mass is 16.5. The standard InChI is InChI=1S/C16H12O5.C2H5NO2/c1-20-15-6-11-14(7-13(15)18)21-8-12(16(11)19)9-2-4-10(17)5-3-9;3-1-2(4)5/h2-8,17-18H,1H3;1,3H2,(H,4,5). The summed E-state index contributed by atoms with van der Waals surface area (Å²) in [7, 11) is 1.41. The number of carbonyl (C=O) groups is 1. The van der Waals surface area contributed by atoms with Crippen LogP contribution in [0.25, 0.3) is 22.1 Å². The molecule has 1 aromatic heterocycles. The summed E-state index contributed by atoms with van der Waals surface area (Å²) in [6.45, 7) is -0.278. The van der Waals surface area contributed by atoms with Gasteiger partial charge in [0.1, 0.15) is 17.6 Å². The fourth-order valence-electron chi connectivity index (χ4n) is 2.15. The molecule has 0 saturated heterocycles. The lowest BCUT2D eigenvalue weighted by Crippen LogP contribution is -2.10. The van der Waals surface area contributed by atoms with E-state index >= 15 is 0 Å². The van der Waals surface area contributed by atoms with Crippen LogP contribution in [0.3, 0.4) is 0 Å². The van der Waals surface area contributed by atoms with Gasteiger partial charge < -0.3 is 30.2 Å². The molecule has 0 amide bonds. The lowest BCUT2D eigenvalue weighted by molar-refractivity contribution is -0.135. The van der Waals surface area contributed by atoms with Crippen molar-refractivity contribution in [1.82, 2.24) is 0 Å². The summed E-state index contributed by atoms with van der Waals surface area (Å²) >= 11 is 0. The first-order valence-corrected chi connectivity index (χ1v) is 7.41. The van der Waals surface area contributed by atoms with Gasteiger partial charge in [-0.25, -0.2) is 0 Å². The summed E-state index contributed by atoms with van der Waals surface area (Å²) in [5.41, 5.74) is 5.62. The minimum Gasteiger partial charge on any atom is -0.508 e. The third-order valence-corrected chi connectivity index (χ3v) is 3.43.